The maximum absolute atomic E-state index is 12.3. The number of carbonyl (C=O) groups excluding carboxylic acids is 2. The van der Waals surface area contributed by atoms with Crippen molar-refractivity contribution < 1.29 is 32.0 Å². The van der Waals surface area contributed by atoms with Crippen LogP contribution in [-0.2, 0) is 29.2 Å². The van der Waals surface area contributed by atoms with Crippen molar-refractivity contribution in [2.45, 2.75) is 205 Å². The predicted octanol–water partition coefficient (Wildman–Crippen LogP) is 10.3. The van der Waals surface area contributed by atoms with Crippen LogP contribution >= 0.6 is 0 Å². The molecule has 0 saturated heterocycles. The molecule has 1 N–H and O–H groups in total. The van der Waals surface area contributed by atoms with Gasteiger partial charge in [-0.25, -0.2) is 0 Å². The van der Waals surface area contributed by atoms with Crippen LogP contribution in [0.1, 0.15) is 200 Å². The Morgan fingerprint density at radius 3 is 1.04 bits per heavy atom. The maximum Gasteiger partial charge on any atom is 0.327 e. The third-order valence-electron chi connectivity index (χ3n) is 8.48. The summed E-state index contributed by atoms with van der Waals surface area (Å²) >= 11 is 0. The molecular weight excluding hydrogens is 599 g/mol. The van der Waals surface area contributed by atoms with Gasteiger partial charge in [-0.3, -0.25) is 14.1 Å². The summed E-state index contributed by atoms with van der Waals surface area (Å²) in [5, 5.41) is -1.93. The van der Waals surface area contributed by atoms with Gasteiger partial charge in [-0.05, 0) is 12.8 Å². The summed E-state index contributed by atoms with van der Waals surface area (Å²) in [5.41, 5.74) is 0. The van der Waals surface area contributed by atoms with Gasteiger partial charge in [0.15, 0.2) is 5.25 Å². The van der Waals surface area contributed by atoms with Crippen LogP contribution in [0.3, 0.4) is 0 Å². The molecule has 0 aromatic rings. The second-order valence-corrected chi connectivity index (χ2v) is 14.4. The van der Waals surface area contributed by atoms with E-state index < -0.39 is 33.7 Å². The fraction of sp³-hybridized carbons (Fsp3) is 0.944. The predicted molar refractivity (Wildman–Crippen MR) is 188 cm³/mol. The Morgan fingerprint density at radius 1 is 0.489 bits per heavy atom. The Hall–Kier alpha value is -0.150. The molecule has 45 heavy (non-hydrogen) atoms. The first-order valence-corrected chi connectivity index (χ1v) is 20.1. The molecule has 0 aliphatic heterocycles. The van der Waals surface area contributed by atoms with Crippen molar-refractivity contribution in [2.75, 3.05) is 13.2 Å². The largest absolute Gasteiger partial charge is 0.466 e. The van der Waals surface area contributed by atoms with Crippen LogP contribution in [0.4, 0.5) is 0 Å². The second-order valence-electron chi connectivity index (χ2n) is 12.8. The zero-order valence-corrected chi connectivity index (χ0v) is 32.6. The molecule has 0 amide bonds. The van der Waals surface area contributed by atoms with E-state index in [2.05, 4.69) is 13.8 Å². The van der Waals surface area contributed by atoms with Crippen LogP contribution in [-0.4, -0.2) is 72.9 Å². The number of esters is 2. The van der Waals surface area contributed by atoms with Crippen LogP contribution < -0.4 is 0 Å². The summed E-state index contributed by atoms with van der Waals surface area (Å²) in [7, 11) is -4.77. The molecule has 0 bridgehead atoms. The van der Waals surface area contributed by atoms with Gasteiger partial charge in [-0.15, -0.1) is 0 Å². The molecule has 0 fully saturated rings. The summed E-state index contributed by atoms with van der Waals surface area (Å²) in [6.45, 7) is 4.76. The molecule has 1 atom stereocenters. The number of carbonyl (C=O) groups is 2. The van der Waals surface area contributed by atoms with Gasteiger partial charge in [-0.2, -0.15) is 8.42 Å². The molecule has 0 saturated carbocycles. The van der Waals surface area contributed by atoms with Crippen LogP contribution in [0.5, 0.6) is 0 Å². The van der Waals surface area contributed by atoms with Gasteiger partial charge >= 0.3 is 11.9 Å². The molecular formula is C36H70NaO7S. The number of hydrogen-bond acceptors (Lipinski definition) is 6. The van der Waals surface area contributed by atoms with Crippen LogP contribution in [0.15, 0.2) is 0 Å². The summed E-state index contributed by atoms with van der Waals surface area (Å²) in [6, 6.07) is 0. The normalized spacial score (nSPS) is 12.1. The minimum atomic E-state index is -4.77. The van der Waals surface area contributed by atoms with E-state index in [1.54, 1.807) is 0 Å². The Bertz CT molecular complexity index is 761. The van der Waals surface area contributed by atoms with E-state index >= 15 is 0 Å². The molecule has 0 heterocycles. The fourth-order valence-electron chi connectivity index (χ4n) is 5.57. The third-order valence-corrected chi connectivity index (χ3v) is 9.56. The summed E-state index contributed by atoms with van der Waals surface area (Å²) in [4.78, 5) is 24.4. The Morgan fingerprint density at radius 2 is 0.756 bits per heavy atom. The van der Waals surface area contributed by atoms with Crippen molar-refractivity contribution in [1.29, 1.82) is 0 Å². The summed E-state index contributed by atoms with van der Waals surface area (Å²) < 4.78 is 43.2. The molecule has 7 nitrogen and oxygen atoms in total. The molecule has 0 aromatic heterocycles. The molecule has 0 rings (SSSR count). The van der Waals surface area contributed by atoms with E-state index in [4.69, 9.17) is 9.47 Å². The molecule has 1 unspecified atom stereocenters. The molecule has 263 valence electrons. The first-order valence-electron chi connectivity index (χ1n) is 18.6. The molecule has 1 radical (unpaired) electrons. The Kier molecular flexibility index (Phi) is 36.7. The second kappa shape index (κ2) is 35.2. The average Bonchev–Trinajstić information content (AvgIpc) is 2.99. The van der Waals surface area contributed by atoms with Gasteiger partial charge < -0.3 is 9.47 Å². The van der Waals surface area contributed by atoms with Crippen molar-refractivity contribution in [3.8, 4) is 0 Å². The standard InChI is InChI=1S/C36H70O7S.Na/c1-3-5-7-9-11-13-15-17-19-21-23-25-27-29-31-42-35(37)33-34(44(39,40)41)36(38)43-32-30-28-26-24-22-20-18-16-14-12-10-8-6-4-2;/h34H,3-33H2,1-2H3,(H,39,40,41);. The van der Waals surface area contributed by atoms with Crippen LogP contribution in [0.2, 0.25) is 0 Å². The van der Waals surface area contributed by atoms with Gasteiger partial charge in [0, 0.05) is 29.6 Å². The zero-order chi connectivity index (χ0) is 32.6. The minimum Gasteiger partial charge on any atom is -0.466 e. The molecule has 9 heteroatoms. The molecule has 0 spiro atoms. The van der Waals surface area contributed by atoms with E-state index in [0.29, 0.717) is 12.8 Å². The molecule has 0 aliphatic rings. The van der Waals surface area contributed by atoms with Crippen molar-refractivity contribution >= 4 is 51.6 Å². The Balaban J connectivity index is 0. The van der Waals surface area contributed by atoms with Gasteiger partial charge in [0.05, 0.1) is 19.6 Å². The number of ether oxygens (including phenoxy) is 2. The first-order chi connectivity index (χ1) is 21.3. The summed E-state index contributed by atoms with van der Waals surface area (Å²) in [6.07, 6.45) is 33.3. The smallest absolute Gasteiger partial charge is 0.327 e. The number of hydrogen-bond donors (Lipinski definition) is 1. The van der Waals surface area contributed by atoms with Crippen LogP contribution in [0, 0.1) is 0 Å². The van der Waals surface area contributed by atoms with Gasteiger partial charge in [0.2, 0.25) is 0 Å². The van der Waals surface area contributed by atoms with E-state index in [9.17, 15) is 22.6 Å². The molecule has 0 aromatic carbocycles. The topological polar surface area (TPSA) is 107 Å². The van der Waals surface area contributed by atoms with Crippen molar-refractivity contribution in [1.82, 2.24) is 0 Å². The minimum absolute atomic E-state index is 0. The number of rotatable bonds is 34. The van der Waals surface area contributed by atoms with E-state index in [1.165, 1.54) is 135 Å². The van der Waals surface area contributed by atoms with Gasteiger partial charge in [0.1, 0.15) is 0 Å². The van der Waals surface area contributed by atoms with E-state index in [1.807, 2.05) is 0 Å². The SMILES string of the molecule is CCCCCCCCCCCCCCCCOC(=O)CC(C(=O)OCCCCCCCCCCCCCCCC)S(=O)(=O)O.[Na]. The van der Waals surface area contributed by atoms with Gasteiger partial charge in [0.25, 0.3) is 10.1 Å². The zero-order valence-electron chi connectivity index (χ0n) is 29.8. The fourth-order valence-corrected chi connectivity index (χ4v) is 6.22. The van der Waals surface area contributed by atoms with E-state index in [0.717, 1.165) is 32.1 Å². The van der Waals surface area contributed by atoms with Crippen LogP contribution in [0.25, 0.3) is 0 Å². The monoisotopic (exact) mass is 669 g/mol. The van der Waals surface area contributed by atoms with Crippen molar-refractivity contribution in [3.05, 3.63) is 0 Å². The van der Waals surface area contributed by atoms with Crippen molar-refractivity contribution in [2.24, 2.45) is 0 Å². The third kappa shape index (κ3) is 33.5. The average molecular weight is 670 g/mol. The van der Waals surface area contributed by atoms with Gasteiger partial charge in [-0.1, -0.05) is 181 Å². The quantitative estimate of drug-likeness (QED) is 0.0314. The maximum atomic E-state index is 12.3. The molecule has 0 aliphatic carbocycles. The summed E-state index contributed by atoms with van der Waals surface area (Å²) in [5.74, 6) is -1.90. The first kappa shape index (κ1) is 47.0. The van der Waals surface area contributed by atoms with E-state index in [-0.39, 0.29) is 42.8 Å². The van der Waals surface area contributed by atoms with Crippen molar-refractivity contribution in [3.63, 3.8) is 0 Å². The number of unbranched alkanes of at least 4 members (excludes halogenated alkanes) is 26. The Labute approximate surface area is 300 Å².